The first-order valence-electron chi connectivity index (χ1n) is 6.66. The zero-order valence-electron chi connectivity index (χ0n) is 11.8. The summed E-state index contributed by atoms with van der Waals surface area (Å²) in [6.45, 7) is 1.48. The third-order valence-corrected chi connectivity index (χ3v) is 3.45. The fraction of sp³-hybridized carbons (Fsp3) is 0.400. The van der Waals surface area contributed by atoms with Gasteiger partial charge >= 0.3 is 11.9 Å². The van der Waals surface area contributed by atoms with Gasteiger partial charge in [0, 0.05) is 5.56 Å². The molecule has 0 aromatic heterocycles. The van der Waals surface area contributed by atoms with Crippen molar-refractivity contribution in [2.45, 2.75) is 26.2 Å². The van der Waals surface area contributed by atoms with Crippen molar-refractivity contribution < 1.29 is 24.6 Å². The number of aryl methyl sites for hydroxylation is 1. The van der Waals surface area contributed by atoms with Crippen LogP contribution in [0.25, 0.3) is 0 Å². The third-order valence-electron chi connectivity index (χ3n) is 3.45. The Kier molecular flexibility index (Phi) is 5.90. The Bertz CT molecular complexity index is 541. The molecule has 0 aliphatic heterocycles. The van der Waals surface area contributed by atoms with E-state index in [0.29, 0.717) is 17.5 Å². The van der Waals surface area contributed by atoms with Gasteiger partial charge in [-0.25, -0.2) is 0 Å². The van der Waals surface area contributed by atoms with Crippen molar-refractivity contribution in [1.29, 1.82) is 0 Å². The number of hydrogen-bond donors (Lipinski definition) is 3. The molecule has 0 heterocycles. The van der Waals surface area contributed by atoms with Gasteiger partial charge in [0.1, 0.15) is 0 Å². The maximum Gasteiger partial charge on any atom is 0.306 e. The van der Waals surface area contributed by atoms with Crippen LogP contribution < -0.4 is 5.73 Å². The smallest absolute Gasteiger partial charge is 0.306 e. The van der Waals surface area contributed by atoms with Crippen molar-refractivity contribution in [2.24, 2.45) is 17.6 Å². The van der Waals surface area contributed by atoms with Crippen LogP contribution in [-0.2, 0) is 16.0 Å². The molecule has 0 radical (unpaired) electrons. The van der Waals surface area contributed by atoms with E-state index in [2.05, 4.69) is 0 Å². The first kappa shape index (κ1) is 16.7. The molecule has 0 fully saturated rings. The highest BCUT2D eigenvalue weighted by Gasteiger charge is 2.24. The molecule has 0 saturated carbocycles. The molecule has 21 heavy (non-hydrogen) atoms. The maximum absolute atomic E-state index is 11.3. The number of benzene rings is 1. The molecule has 0 spiro atoms. The summed E-state index contributed by atoms with van der Waals surface area (Å²) in [5.74, 6) is -4.09. The molecule has 6 heteroatoms. The average Bonchev–Trinajstić information content (AvgIpc) is 2.42. The van der Waals surface area contributed by atoms with Crippen molar-refractivity contribution in [3.05, 3.63) is 35.4 Å². The fourth-order valence-electron chi connectivity index (χ4n) is 2.18. The number of carboxylic acid groups (broad SMARTS) is 2. The highest BCUT2D eigenvalue weighted by molar-refractivity contribution is 5.94. The SMILES string of the molecule is CC(CC(CCc1ccccc1C(N)=O)C(=O)O)C(=O)O. The van der Waals surface area contributed by atoms with Crippen molar-refractivity contribution in [3.8, 4) is 0 Å². The van der Waals surface area contributed by atoms with Crippen LogP contribution in [0.3, 0.4) is 0 Å². The van der Waals surface area contributed by atoms with E-state index in [1.807, 2.05) is 0 Å². The van der Waals surface area contributed by atoms with Crippen LogP contribution in [0.15, 0.2) is 24.3 Å². The second kappa shape index (κ2) is 7.42. The fourth-order valence-corrected chi connectivity index (χ4v) is 2.18. The van der Waals surface area contributed by atoms with Crippen molar-refractivity contribution >= 4 is 17.8 Å². The van der Waals surface area contributed by atoms with Crippen LogP contribution in [0.4, 0.5) is 0 Å². The van der Waals surface area contributed by atoms with Gasteiger partial charge in [-0.05, 0) is 30.9 Å². The molecule has 0 aliphatic carbocycles. The first-order valence-corrected chi connectivity index (χ1v) is 6.66. The number of aliphatic carboxylic acids is 2. The van der Waals surface area contributed by atoms with E-state index in [-0.39, 0.29) is 12.8 Å². The molecule has 1 aromatic carbocycles. The van der Waals surface area contributed by atoms with Crippen LogP contribution in [0, 0.1) is 11.8 Å². The topological polar surface area (TPSA) is 118 Å². The third kappa shape index (κ3) is 4.91. The minimum absolute atomic E-state index is 0.0589. The van der Waals surface area contributed by atoms with E-state index in [1.165, 1.54) is 6.92 Å². The number of carbonyl (C=O) groups excluding carboxylic acids is 1. The molecule has 114 valence electrons. The predicted octanol–water partition coefficient (Wildman–Crippen LogP) is 1.53. The second-order valence-corrected chi connectivity index (χ2v) is 5.07. The van der Waals surface area contributed by atoms with Crippen molar-refractivity contribution in [2.75, 3.05) is 0 Å². The summed E-state index contributed by atoms with van der Waals surface area (Å²) in [5.41, 5.74) is 6.32. The first-order chi connectivity index (χ1) is 9.82. The Morgan fingerprint density at radius 1 is 1.14 bits per heavy atom. The molecule has 0 saturated heterocycles. The molecule has 2 unspecified atom stereocenters. The zero-order chi connectivity index (χ0) is 16.0. The number of amides is 1. The summed E-state index contributed by atoms with van der Waals surface area (Å²) in [6.07, 6.45) is 0.684. The van der Waals surface area contributed by atoms with Gasteiger partial charge in [0.25, 0.3) is 0 Å². The summed E-state index contributed by atoms with van der Waals surface area (Å²) in [7, 11) is 0. The van der Waals surface area contributed by atoms with E-state index < -0.39 is 29.7 Å². The number of nitrogens with two attached hydrogens (primary N) is 1. The van der Waals surface area contributed by atoms with E-state index >= 15 is 0 Å². The summed E-state index contributed by atoms with van der Waals surface area (Å²) in [4.78, 5) is 33.3. The molecule has 1 amide bonds. The lowest BCUT2D eigenvalue weighted by atomic mass is 9.89. The predicted molar refractivity (Wildman–Crippen MR) is 75.8 cm³/mol. The van der Waals surface area contributed by atoms with E-state index in [0.717, 1.165) is 0 Å². The van der Waals surface area contributed by atoms with Crippen LogP contribution >= 0.6 is 0 Å². The lowest BCUT2D eigenvalue weighted by molar-refractivity contribution is -0.145. The van der Waals surface area contributed by atoms with E-state index in [1.54, 1.807) is 24.3 Å². The average molecular weight is 293 g/mol. The molecule has 6 nitrogen and oxygen atoms in total. The number of primary amides is 1. The van der Waals surface area contributed by atoms with Gasteiger partial charge in [0.15, 0.2) is 0 Å². The van der Waals surface area contributed by atoms with Gasteiger partial charge in [0.05, 0.1) is 11.8 Å². The Labute approximate surface area is 122 Å². The summed E-state index contributed by atoms with van der Waals surface area (Å²) < 4.78 is 0. The quantitative estimate of drug-likeness (QED) is 0.671. The van der Waals surface area contributed by atoms with Gasteiger partial charge in [-0.1, -0.05) is 25.1 Å². The Hall–Kier alpha value is -2.37. The maximum atomic E-state index is 11.3. The second-order valence-electron chi connectivity index (χ2n) is 5.07. The number of rotatable bonds is 8. The van der Waals surface area contributed by atoms with Gasteiger partial charge < -0.3 is 15.9 Å². The monoisotopic (exact) mass is 293 g/mol. The molecule has 4 N–H and O–H groups in total. The Morgan fingerprint density at radius 2 is 1.76 bits per heavy atom. The Morgan fingerprint density at radius 3 is 2.29 bits per heavy atom. The van der Waals surface area contributed by atoms with Gasteiger partial charge in [-0.3, -0.25) is 14.4 Å². The van der Waals surface area contributed by atoms with E-state index in [4.69, 9.17) is 10.8 Å². The van der Waals surface area contributed by atoms with Crippen LogP contribution in [0.5, 0.6) is 0 Å². The summed E-state index contributed by atoms with van der Waals surface area (Å²) in [5, 5.41) is 18.0. The molecule has 0 bridgehead atoms. The van der Waals surface area contributed by atoms with Gasteiger partial charge in [0.2, 0.25) is 5.91 Å². The van der Waals surface area contributed by atoms with Crippen molar-refractivity contribution in [1.82, 2.24) is 0 Å². The lowest BCUT2D eigenvalue weighted by Gasteiger charge is -2.15. The molecular weight excluding hydrogens is 274 g/mol. The molecule has 1 rings (SSSR count). The van der Waals surface area contributed by atoms with Crippen LogP contribution in [-0.4, -0.2) is 28.1 Å². The minimum Gasteiger partial charge on any atom is -0.481 e. The lowest BCUT2D eigenvalue weighted by Crippen LogP contribution is -2.22. The van der Waals surface area contributed by atoms with E-state index in [9.17, 15) is 19.5 Å². The van der Waals surface area contributed by atoms with Gasteiger partial charge in [-0.2, -0.15) is 0 Å². The highest BCUT2D eigenvalue weighted by atomic mass is 16.4. The summed E-state index contributed by atoms with van der Waals surface area (Å²) in [6, 6.07) is 6.75. The standard InChI is InChI=1S/C15H19NO5/c1-9(14(18)19)8-11(15(20)21)7-6-10-4-2-3-5-12(10)13(16)17/h2-5,9,11H,6-8H2,1H3,(H2,16,17)(H,18,19)(H,20,21). The molecule has 2 atom stereocenters. The number of hydrogen-bond acceptors (Lipinski definition) is 3. The molecule has 1 aromatic rings. The number of carbonyl (C=O) groups is 3. The van der Waals surface area contributed by atoms with Crippen molar-refractivity contribution in [3.63, 3.8) is 0 Å². The minimum atomic E-state index is -1.03. The Balaban J connectivity index is 2.76. The van der Waals surface area contributed by atoms with Gasteiger partial charge in [-0.15, -0.1) is 0 Å². The summed E-state index contributed by atoms with van der Waals surface area (Å²) >= 11 is 0. The highest BCUT2D eigenvalue weighted by Crippen LogP contribution is 2.20. The van der Waals surface area contributed by atoms with Crippen LogP contribution in [0.2, 0.25) is 0 Å². The number of carboxylic acids is 2. The zero-order valence-corrected chi connectivity index (χ0v) is 11.8. The molecular formula is C15H19NO5. The molecule has 0 aliphatic rings. The largest absolute Gasteiger partial charge is 0.481 e. The van der Waals surface area contributed by atoms with Crippen LogP contribution in [0.1, 0.15) is 35.7 Å². The normalized spacial score (nSPS) is 13.4.